The fraction of sp³-hybridized carbons (Fsp3) is 0.391. The second-order valence-corrected chi connectivity index (χ2v) is 7.66. The number of amides is 1. The first-order valence-corrected chi connectivity index (χ1v) is 9.85. The van der Waals surface area contributed by atoms with Crippen LogP contribution in [0.1, 0.15) is 47.7 Å². The van der Waals surface area contributed by atoms with E-state index in [1.54, 1.807) is 0 Å². The molecule has 0 aliphatic carbocycles. The van der Waals surface area contributed by atoms with Crippen LogP contribution in [0.15, 0.2) is 59.8 Å². The SMILES string of the molecule is CC1CC(c2ccc(C(=O)N3CCC(Cc4ccccc4)CC3)cc2)=NO1. The summed E-state index contributed by atoms with van der Waals surface area (Å²) >= 11 is 0. The number of benzene rings is 2. The molecule has 1 atom stereocenters. The van der Waals surface area contributed by atoms with Gasteiger partial charge in [-0.2, -0.15) is 0 Å². The molecular formula is C23H26N2O2. The Kier molecular flexibility index (Phi) is 5.23. The Bertz CT molecular complexity index is 806. The Morgan fingerprint density at radius 2 is 1.78 bits per heavy atom. The van der Waals surface area contributed by atoms with Gasteiger partial charge in [0.25, 0.3) is 5.91 Å². The molecule has 2 aromatic carbocycles. The lowest BCUT2D eigenvalue weighted by atomic mass is 9.90. The molecule has 2 aromatic rings. The van der Waals surface area contributed by atoms with E-state index in [2.05, 4.69) is 35.5 Å². The van der Waals surface area contributed by atoms with Crippen molar-refractivity contribution >= 4 is 11.6 Å². The van der Waals surface area contributed by atoms with Gasteiger partial charge in [-0.05, 0) is 55.4 Å². The van der Waals surface area contributed by atoms with Crippen molar-refractivity contribution in [1.82, 2.24) is 4.90 Å². The number of likely N-dealkylation sites (tertiary alicyclic amines) is 1. The van der Waals surface area contributed by atoms with E-state index in [1.807, 2.05) is 36.1 Å². The molecule has 2 aliphatic rings. The molecule has 1 unspecified atom stereocenters. The molecule has 1 amide bonds. The highest BCUT2D eigenvalue weighted by Crippen LogP contribution is 2.23. The first-order valence-electron chi connectivity index (χ1n) is 9.85. The maximum absolute atomic E-state index is 12.8. The molecule has 0 radical (unpaired) electrons. The fourth-order valence-corrected chi connectivity index (χ4v) is 3.95. The predicted molar refractivity (Wildman–Crippen MR) is 107 cm³/mol. The number of carbonyl (C=O) groups is 1. The third-order valence-electron chi connectivity index (χ3n) is 5.56. The van der Waals surface area contributed by atoms with Crippen molar-refractivity contribution in [3.63, 3.8) is 0 Å². The maximum atomic E-state index is 12.8. The van der Waals surface area contributed by atoms with E-state index in [0.29, 0.717) is 5.92 Å². The predicted octanol–water partition coefficient (Wildman–Crippen LogP) is 4.29. The van der Waals surface area contributed by atoms with Crippen molar-refractivity contribution in [3.8, 4) is 0 Å². The van der Waals surface area contributed by atoms with Gasteiger partial charge in [-0.3, -0.25) is 4.79 Å². The van der Waals surface area contributed by atoms with Crippen LogP contribution in [0.2, 0.25) is 0 Å². The average Bonchev–Trinajstić information content (AvgIpc) is 3.15. The van der Waals surface area contributed by atoms with E-state index in [0.717, 1.165) is 55.6 Å². The molecule has 4 nitrogen and oxygen atoms in total. The number of rotatable bonds is 4. The quantitative estimate of drug-likeness (QED) is 0.814. The summed E-state index contributed by atoms with van der Waals surface area (Å²) in [4.78, 5) is 20.1. The number of nitrogens with zero attached hydrogens (tertiary/aromatic N) is 2. The van der Waals surface area contributed by atoms with Crippen LogP contribution in [0.5, 0.6) is 0 Å². The lowest BCUT2D eigenvalue weighted by Crippen LogP contribution is -2.38. The summed E-state index contributed by atoms with van der Waals surface area (Å²) in [6.45, 7) is 3.70. The van der Waals surface area contributed by atoms with E-state index < -0.39 is 0 Å². The van der Waals surface area contributed by atoms with Gasteiger partial charge in [-0.1, -0.05) is 47.6 Å². The number of oxime groups is 1. The summed E-state index contributed by atoms with van der Waals surface area (Å²) in [5, 5.41) is 4.12. The number of piperidine rings is 1. The summed E-state index contributed by atoms with van der Waals surface area (Å²) in [5.41, 5.74) is 4.15. The van der Waals surface area contributed by atoms with Crippen LogP contribution in [-0.2, 0) is 11.3 Å². The maximum Gasteiger partial charge on any atom is 0.253 e. The van der Waals surface area contributed by atoms with Gasteiger partial charge in [0.05, 0.1) is 5.71 Å². The summed E-state index contributed by atoms with van der Waals surface area (Å²) in [7, 11) is 0. The van der Waals surface area contributed by atoms with Crippen LogP contribution in [0.25, 0.3) is 0 Å². The van der Waals surface area contributed by atoms with E-state index in [4.69, 9.17) is 4.84 Å². The molecule has 27 heavy (non-hydrogen) atoms. The Balaban J connectivity index is 1.32. The zero-order chi connectivity index (χ0) is 18.6. The first-order chi connectivity index (χ1) is 13.2. The van der Waals surface area contributed by atoms with Crippen LogP contribution >= 0.6 is 0 Å². The van der Waals surface area contributed by atoms with E-state index in [9.17, 15) is 4.79 Å². The minimum Gasteiger partial charge on any atom is -0.392 e. The zero-order valence-electron chi connectivity index (χ0n) is 15.8. The smallest absolute Gasteiger partial charge is 0.253 e. The Morgan fingerprint density at radius 3 is 2.41 bits per heavy atom. The topological polar surface area (TPSA) is 41.9 Å². The summed E-state index contributed by atoms with van der Waals surface area (Å²) in [6, 6.07) is 18.4. The minimum atomic E-state index is 0.137. The molecule has 0 aromatic heterocycles. The fourth-order valence-electron chi connectivity index (χ4n) is 3.95. The highest BCUT2D eigenvalue weighted by atomic mass is 16.6. The summed E-state index contributed by atoms with van der Waals surface area (Å²) in [6.07, 6.45) is 4.22. The molecule has 1 saturated heterocycles. The minimum absolute atomic E-state index is 0.137. The lowest BCUT2D eigenvalue weighted by molar-refractivity contribution is 0.0690. The van der Waals surface area contributed by atoms with E-state index >= 15 is 0 Å². The van der Waals surface area contributed by atoms with Crippen LogP contribution in [0.3, 0.4) is 0 Å². The standard InChI is InChI=1S/C23H26N2O2/c1-17-15-22(24-27-17)20-7-9-21(10-8-20)23(26)25-13-11-19(12-14-25)16-18-5-3-2-4-6-18/h2-10,17,19H,11-16H2,1H3. The first kappa shape index (κ1) is 17.8. The van der Waals surface area contributed by atoms with Crippen molar-refractivity contribution < 1.29 is 9.63 Å². The summed E-state index contributed by atoms with van der Waals surface area (Å²) < 4.78 is 0. The second kappa shape index (κ2) is 7.95. The van der Waals surface area contributed by atoms with Crippen LogP contribution < -0.4 is 0 Å². The van der Waals surface area contributed by atoms with E-state index in [1.165, 1.54) is 5.56 Å². The normalized spacial score (nSPS) is 20.3. The molecule has 2 aliphatic heterocycles. The van der Waals surface area contributed by atoms with Gasteiger partial charge in [0.1, 0.15) is 6.10 Å². The molecule has 140 valence electrons. The van der Waals surface area contributed by atoms with Gasteiger partial charge in [-0.15, -0.1) is 0 Å². The van der Waals surface area contributed by atoms with Crippen molar-refractivity contribution in [1.29, 1.82) is 0 Å². The third kappa shape index (κ3) is 4.21. The van der Waals surface area contributed by atoms with Gasteiger partial charge in [0, 0.05) is 25.1 Å². The van der Waals surface area contributed by atoms with Crippen LogP contribution in [0, 0.1) is 5.92 Å². The molecule has 4 rings (SSSR count). The molecule has 0 saturated carbocycles. The van der Waals surface area contributed by atoms with Crippen LogP contribution in [0.4, 0.5) is 0 Å². The number of hydrogen-bond acceptors (Lipinski definition) is 3. The largest absolute Gasteiger partial charge is 0.392 e. The van der Waals surface area contributed by atoms with Gasteiger partial charge in [0.15, 0.2) is 0 Å². The zero-order valence-corrected chi connectivity index (χ0v) is 15.8. The molecular weight excluding hydrogens is 336 g/mol. The molecule has 0 spiro atoms. The molecule has 2 heterocycles. The summed E-state index contributed by atoms with van der Waals surface area (Å²) in [5.74, 6) is 0.805. The highest BCUT2D eigenvalue weighted by molar-refractivity contribution is 6.02. The average molecular weight is 362 g/mol. The third-order valence-corrected chi connectivity index (χ3v) is 5.56. The molecule has 1 fully saturated rings. The van der Waals surface area contributed by atoms with Gasteiger partial charge >= 0.3 is 0 Å². The van der Waals surface area contributed by atoms with E-state index in [-0.39, 0.29) is 12.0 Å². The Hall–Kier alpha value is -2.62. The molecule has 0 N–H and O–H groups in total. The van der Waals surface area contributed by atoms with Crippen molar-refractivity contribution in [2.24, 2.45) is 11.1 Å². The lowest BCUT2D eigenvalue weighted by Gasteiger charge is -2.32. The van der Waals surface area contributed by atoms with Crippen LogP contribution in [-0.4, -0.2) is 35.7 Å². The molecule has 4 heteroatoms. The van der Waals surface area contributed by atoms with Crippen molar-refractivity contribution in [2.45, 2.75) is 38.7 Å². The van der Waals surface area contributed by atoms with Gasteiger partial charge in [0.2, 0.25) is 0 Å². The van der Waals surface area contributed by atoms with Crippen molar-refractivity contribution in [3.05, 3.63) is 71.3 Å². The Morgan fingerprint density at radius 1 is 1.07 bits per heavy atom. The van der Waals surface area contributed by atoms with Gasteiger partial charge < -0.3 is 9.74 Å². The molecule has 0 bridgehead atoms. The van der Waals surface area contributed by atoms with Crippen molar-refractivity contribution in [2.75, 3.05) is 13.1 Å². The number of hydrogen-bond donors (Lipinski definition) is 0. The Labute approximate surface area is 160 Å². The number of carbonyl (C=O) groups excluding carboxylic acids is 1. The monoisotopic (exact) mass is 362 g/mol. The van der Waals surface area contributed by atoms with Gasteiger partial charge in [-0.25, -0.2) is 0 Å². The highest BCUT2D eigenvalue weighted by Gasteiger charge is 2.24. The second-order valence-electron chi connectivity index (χ2n) is 7.66.